The fraction of sp³-hybridized carbons (Fsp3) is 0.333. The molecule has 0 aliphatic carbocycles. The van der Waals surface area contributed by atoms with Crippen LogP contribution < -0.4 is 0 Å². The molecule has 0 spiro atoms. The largest absolute Gasteiger partial charge is 0.243 e. The van der Waals surface area contributed by atoms with E-state index in [-0.39, 0.29) is 9.92 Å². The Balaban J connectivity index is 2.39. The fourth-order valence-electron chi connectivity index (χ4n) is 1.37. The smallest absolute Gasteiger partial charge is 0.207 e. The van der Waals surface area contributed by atoms with Gasteiger partial charge in [-0.25, -0.2) is 8.42 Å². The molecule has 1 aliphatic rings. The zero-order chi connectivity index (χ0) is 11.8. The van der Waals surface area contributed by atoms with Crippen molar-refractivity contribution in [3.63, 3.8) is 0 Å². The first-order chi connectivity index (χ1) is 7.51. The van der Waals surface area contributed by atoms with E-state index in [2.05, 4.69) is 0 Å². The summed E-state index contributed by atoms with van der Waals surface area (Å²) >= 11 is 13.2. The Kier molecular flexibility index (Phi) is 3.71. The highest BCUT2D eigenvalue weighted by Crippen LogP contribution is 2.28. The Morgan fingerprint density at radius 3 is 2.56 bits per heavy atom. The topological polar surface area (TPSA) is 37.4 Å². The van der Waals surface area contributed by atoms with Crippen LogP contribution in [0.5, 0.6) is 0 Å². The second-order valence-corrected chi connectivity index (χ2v) is 7.12. The lowest BCUT2D eigenvalue weighted by Gasteiger charge is -2.14. The summed E-state index contributed by atoms with van der Waals surface area (Å²) in [7, 11) is -3.41. The monoisotopic (exact) mass is 297 g/mol. The Morgan fingerprint density at radius 1 is 1.25 bits per heavy atom. The molecule has 0 atom stereocenters. The van der Waals surface area contributed by atoms with Crippen LogP contribution in [0.1, 0.15) is 0 Å². The number of thioether (sulfide) groups is 1. The van der Waals surface area contributed by atoms with Gasteiger partial charge in [0.1, 0.15) is 0 Å². The summed E-state index contributed by atoms with van der Waals surface area (Å²) in [6, 6.07) is 4.37. The minimum absolute atomic E-state index is 0.199. The van der Waals surface area contributed by atoms with Crippen LogP contribution in [0.3, 0.4) is 0 Å². The lowest BCUT2D eigenvalue weighted by Crippen LogP contribution is -2.27. The first-order valence-corrected chi connectivity index (χ1v) is 7.90. The van der Waals surface area contributed by atoms with Crippen LogP contribution in [0.4, 0.5) is 0 Å². The molecule has 88 valence electrons. The molecular weight excluding hydrogens is 289 g/mol. The predicted molar refractivity (Wildman–Crippen MR) is 67.7 cm³/mol. The number of hydrogen-bond acceptors (Lipinski definition) is 3. The van der Waals surface area contributed by atoms with Gasteiger partial charge in [-0.05, 0) is 18.2 Å². The molecule has 0 saturated carbocycles. The van der Waals surface area contributed by atoms with Gasteiger partial charge in [0, 0.05) is 12.3 Å². The molecule has 7 heteroatoms. The molecule has 0 N–H and O–H groups in total. The van der Waals surface area contributed by atoms with E-state index in [0.29, 0.717) is 17.4 Å². The summed E-state index contributed by atoms with van der Waals surface area (Å²) in [4.78, 5) is 0.199. The van der Waals surface area contributed by atoms with Gasteiger partial charge in [-0.2, -0.15) is 4.31 Å². The van der Waals surface area contributed by atoms with Gasteiger partial charge in [0.2, 0.25) is 10.0 Å². The first kappa shape index (κ1) is 12.5. The highest BCUT2D eigenvalue weighted by molar-refractivity contribution is 8.00. The molecule has 1 saturated heterocycles. The van der Waals surface area contributed by atoms with Gasteiger partial charge in [-0.3, -0.25) is 0 Å². The second kappa shape index (κ2) is 4.74. The van der Waals surface area contributed by atoms with E-state index in [4.69, 9.17) is 23.2 Å². The minimum atomic E-state index is -3.41. The number of nitrogens with zero attached hydrogens (tertiary/aromatic N) is 1. The van der Waals surface area contributed by atoms with Crippen molar-refractivity contribution >= 4 is 45.0 Å². The second-order valence-electron chi connectivity index (χ2n) is 3.29. The summed E-state index contributed by atoms with van der Waals surface area (Å²) < 4.78 is 25.7. The Labute approximate surface area is 109 Å². The molecule has 2 rings (SSSR count). The summed E-state index contributed by atoms with van der Waals surface area (Å²) in [5.74, 6) is 1.34. The van der Waals surface area contributed by atoms with Crippen molar-refractivity contribution in [3.8, 4) is 0 Å². The fourth-order valence-corrected chi connectivity index (χ4v) is 4.58. The van der Waals surface area contributed by atoms with Crippen molar-refractivity contribution in [2.45, 2.75) is 4.90 Å². The van der Waals surface area contributed by atoms with Gasteiger partial charge < -0.3 is 0 Å². The standard InChI is InChI=1S/C9H9Cl2NO2S2/c10-8-2-1-7(5-9(8)11)16(13,14)12-3-4-15-6-12/h1-2,5H,3-4,6H2. The molecule has 0 amide bonds. The van der Waals surface area contributed by atoms with E-state index in [1.807, 2.05) is 0 Å². The lowest BCUT2D eigenvalue weighted by atomic mass is 10.4. The molecule has 0 radical (unpaired) electrons. The number of hydrogen-bond donors (Lipinski definition) is 0. The molecule has 3 nitrogen and oxygen atoms in total. The molecule has 1 aliphatic heterocycles. The third-order valence-electron chi connectivity index (χ3n) is 2.25. The molecule has 0 unspecified atom stereocenters. The van der Waals surface area contributed by atoms with Gasteiger partial charge in [-0.15, -0.1) is 11.8 Å². The minimum Gasteiger partial charge on any atom is -0.207 e. The van der Waals surface area contributed by atoms with Crippen molar-refractivity contribution in [3.05, 3.63) is 28.2 Å². The molecule has 1 fully saturated rings. The van der Waals surface area contributed by atoms with Crippen molar-refractivity contribution < 1.29 is 8.42 Å². The maximum absolute atomic E-state index is 12.1. The Hall–Kier alpha value is 0.0600. The maximum Gasteiger partial charge on any atom is 0.243 e. The quantitative estimate of drug-likeness (QED) is 0.842. The van der Waals surface area contributed by atoms with Crippen molar-refractivity contribution in [2.24, 2.45) is 0 Å². The van der Waals surface area contributed by atoms with E-state index in [1.165, 1.54) is 22.5 Å². The number of rotatable bonds is 2. The molecule has 0 bridgehead atoms. The zero-order valence-corrected chi connectivity index (χ0v) is 11.3. The Bertz CT molecular complexity index is 498. The van der Waals surface area contributed by atoms with Crippen LogP contribution in [0.25, 0.3) is 0 Å². The van der Waals surface area contributed by atoms with Gasteiger partial charge in [0.25, 0.3) is 0 Å². The molecule has 1 aromatic rings. The van der Waals surface area contributed by atoms with E-state index in [9.17, 15) is 8.42 Å². The summed E-state index contributed by atoms with van der Waals surface area (Å²) in [6.45, 7) is 0.549. The molecular formula is C9H9Cl2NO2S2. The van der Waals surface area contributed by atoms with E-state index >= 15 is 0 Å². The SMILES string of the molecule is O=S(=O)(c1ccc(Cl)c(Cl)c1)N1CCSC1. The van der Waals surface area contributed by atoms with Gasteiger partial charge in [0.15, 0.2) is 0 Å². The van der Waals surface area contributed by atoms with Crippen LogP contribution in [-0.2, 0) is 10.0 Å². The molecule has 1 aromatic carbocycles. The Morgan fingerprint density at radius 2 is 2.00 bits per heavy atom. The van der Waals surface area contributed by atoms with Crippen LogP contribution in [0.2, 0.25) is 10.0 Å². The number of sulfonamides is 1. The summed E-state index contributed by atoms with van der Waals surface area (Å²) in [6.07, 6.45) is 0. The third kappa shape index (κ3) is 2.33. The van der Waals surface area contributed by atoms with Gasteiger partial charge in [0.05, 0.1) is 20.8 Å². The van der Waals surface area contributed by atoms with Crippen LogP contribution in [0, 0.1) is 0 Å². The zero-order valence-electron chi connectivity index (χ0n) is 8.19. The highest BCUT2D eigenvalue weighted by atomic mass is 35.5. The highest BCUT2D eigenvalue weighted by Gasteiger charge is 2.27. The van der Waals surface area contributed by atoms with Crippen molar-refractivity contribution in [1.29, 1.82) is 0 Å². The summed E-state index contributed by atoms with van der Waals surface area (Å²) in [5.41, 5.74) is 0. The average molecular weight is 298 g/mol. The van der Waals surface area contributed by atoms with Crippen LogP contribution in [-0.4, -0.2) is 30.9 Å². The van der Waals surface area contributed by atoms with Crippen molar-refractivity contribution in [2.75, 3.05) is 18.2 Å². The van der Waals surface area contributed by atoms with Gasteiger partial charge in [-0.1, -0.05) is 23.2 Å². The first-order valence-electron chi connectivity index (χ1n) is 4.55. The normalized spacial score (nSPS) is 17.9. The van der Waals surface area contributed by atoms with Crippen LogP contribution in [0.15, 0.2) is 23.1 Å². The number of benzene rings is 1. The number of halogens is 2. The van der Waals surface area contributed by atoms with E-state index in [1.54, 1.807) is 11.8 Å². The van der Waals surface area contributed by atoms with E-state index < -0.39 is 10.0 Å². The molecule has 1 heterocycles. The average Bonchev–Trinajstić information content (AvgIpc) is 2.75. The predicted octanol–water partition coefficient (Wildman–Crippen LogP) is 2.69. The van der Waals surface area contributed by atoms with Crippen molar-refractivity contribution in [1.82, 2.24) is 4.31 Å². The lowest BCUT2D eigenvalue weighted by molar-refractivity contribution is 0.489. The van der Waals surface area contributed by atoms with Crippen LogP contribution >= 0.6 is 35.0 Å². The molecule has 0 aromatic heterocycles. The van der Waals surface area contributed by atoms with Gasteiger partial charge >= 0.3 is 0 Å². The summed E-state index contributed by atoms with van der Waals surface area (Å²) in [5, 5.41) is 0.617. The van der Waals surface area contributed by atoms with E-state index in [0.717, 1.165) is 5.75 Å². The third-order valence-corrected chi connectivity index (χ3v) is 5.96. The maximum atomic E-state index is 12.1. The molecule has 16 heavy (non-hydrogen) atoms.